The molecule has 0 unspecified atom stereocenters. The van der Waals surface area contributed by atoms with Gasteiger partial charge in [-0.2, -0.15) is 5.10 Å². The molecule has 0 N–H and O–H groups in total. The Morgan fingerprint density at radius 1 is 1.10 bits per heavy atom. The Bertz CT molecular complexity index is 1010. The van der Waals surface area contributed by atoms with Crippen molar-refractivity contribution in [2.75, 3.05) is 6.61 Å². The van der Waals surface area contributed by atoms with Gasteiger partial charge >= 0.3 is 5.97 Å². The fourth-order valence-electron chi connectivity index (χ4n) is 3.72. The topological polar surface area (TPSA) is 43.6 Å². The van der Waals surface area contributed by atoms with Crippen LogP contribution in [0.4, 0.5) is 0 Å². The fourth-order valence-corrected chi connectivity index (χ4v) is 4.25. The number of hydrogen-bond acceptors (Lipinski definition) is 3. The second-order valence-electron chi connectivity index (χ2n) is 7.08. The van der Waals surface area contributed by atoms with Crippen LogP contribution in [0.25, 0.3) is 16.6 Å². The summed E-state index contributed by atoms with van der Waals surface area (Å²) in [4.78, 5) is 11.6. The van der Waals surface area contributed by atoms with Crippen LogP contribution in [-0.2, 0) is 22.4 Å². The third-order valence-electron chi connectivity index (χ3n) is 5.05. The summed E-state index contributed by atoms with van der Waals surface area (Å²) in [5.74, 6) is -0.140. The summed E-state index contributed by atoms with van der Waals surface area (Å²) in [5.41, 5.74) is 6.44. The molecule has 1 aromatic carbocycles. The highest BCUT2D eigenvalue weighted by molar-refractivity contribution is 6.35. The lowest BCUT2D eigenvalue weighted by molar-refractivity contribution is -0.143. The first-order valence-electron chi connectivity index (χ1n) is 10.1. The van der Waals surface area contributed by atoms with Crippen molar-refractivity contribution in [2.45, 2.75) is 52.9 Å². The number of halogens is 2. The minimum absolute atomic E-state index is 0.140. The molecule has 0 amide bonds. The van der Waals surface area contributed by atoms with Gasteiger partial charge in [0.05, 0.1) is 17.8 Å². The molecule has 3 rings (SSSR count). The highest BCUT2D eigenvalue weighted by Gasteiger charge is 2.17. The number of ether oxygens (including phenoxy) is 1. The van der Waals surface area contributed by atoms with Gasteiger partial charge in [-0.05, 0) is 81.0 Å². The minimum Gasteiger partial charge on any atom is -0.466 e. The Kier molecular flexibility index (Phi) is 7.20. The molecule has 0 bridgehead atoms. The molecule has 6 heteroatoms. The lowest BCUT2D eigenvalue weighted by Gasteiger charge is -2.16. The van der Waals surface area contributed by atoms with Crippen molar-refractivity contribution < 1.29 is 9.53 Å². The second-order valence-corrected chi connectivity index (χ2v) is 7.96. The Labute approximate surface area is 181 Å². The minimum atomic E-state index is -0.140. The lowest BCUT2D eigenvalue weighted by atomic mass is 9.94. The van der Waals surface area contributed by atoms with Gasteiger partial charge in [-0.25, -0.2) is 4.52 Å². The molecule has 154 valence electrons. The van der Waals surface area contributed by atoms with Gasteiger partial charge in [0.25, 0.3) is 0 Å². The number of nitrogens with zero attached hydrogens (tertiary/aromatic N) is 2. The number of aryl methyl sites for hydroxylation is 2. The highest BCUT2D eigenvalue weighted by Crippen LogP contribution is 2.35. The van der Waals surface area contributed by atoms with E-state index in [4.69, 9.17) is 33.0 Å². The van der Waals surface area contributed by atoms with Crippen molar-refractivity contribution in [3.05, 3.63) is 57.3 Å². The maximum atomic E-state index is 11.6. The van der Waals surface area contributed by atoms with E-state index in [9.17, 15) is 4.79 Å². The normalized spacial score (nSPS) is 11.2. The number of esters is 1. The average molecular weight is 433 g/mol. The third kappa shape index (κ3) is 4.93. The average Bonchev–Trinajstić information content (AvgIpc) is 3.06. The van der Waals surface area contributed by atoms with Crippen LogP contribution in [-0.4, -0.2) is 22.2 Å². The molecule has 2 aromatic heterocycles. The van der Waals surface area contributed by atoms with Gasteiger partial charge in [0.15, 0.2) is 0 Å². The van der Waals surface area contributed by atoms with Crippen LogP contribution < -0.4 is 0 Å². The molecule has 3 aromatic rings. The van der Waals surface area contributed by atoms with Gasteiger partial charge in [0, 0.05) is 27.7 Å². The van der Waals surface area contributed by atoms with Crippen LogP contribution in [0.15, 0.2) is 30.3 Å². The maximum absolute atomic E-state index is 11.6. The SMILES string of the molecule is CCOC(=O)CCCCc1c(C)nn2c(CC)ccc2c1-c1cc(Cl)cc(Cl)c1. The Morgan fingerprint density at radius 3 is 2.48 bits per heavy atom. The quantitative estimate of drug-likeness (QED) is 0.303. The van der Waals surface area contributed by atoms with E-state index in [0.717, 1.165) is 53.7 Å². The van der Waals surface area contributed by atoms with Crippen molar-refractivity contribution in [1.82, 2.24) is 9.61 Å². The molecule has 0 saturated heterocycles. The lowest BCUT2D eigenvalue weighted by Crippen LogP contribution is -2.07. The van der Waals surface area contributed by atoms with E-state index in [1.54, 1.807) is 6.07 Å². The first kappa shape index (κ1) is 21.7. The fraction of sp³-hybridized carbons (Fsp3) is 0.391. The predicted molar refractivity (Wildman–Crippen MR) is 119 cm³/mol. The first-order valence-corrected chi connectivity index (χ1v) is 10.8. The molecule has 0 aliphatic heterocycles. The number of carbonyl (C=O) groups is 1. The van der Waals surface area contributed by atoms with E-state index >= 15 is 0 Å². The van der Waals surface area contributed by atoms with Crippen molar-refractivity contribution in [1.29, 1.82) is 0 Å². The number of benzene rings is 1. The van der Waals surface area contributed by atoms with Crippen molar-refractivity contribution in [3.63, 3.8) is 0 Å². The van der Waals surface area contributed by atoms with E-state index in [1.807, 2.05) is 30.5 Å². The summed E-state index contributed by atoms with van der Waals surface area (Å²) in [5, 5.41) is 6.05. The Balaban J connectivity index is 2.01. The van der Waals surface area contributed by atoms with Crippen LogP contribution in [0.3, 0.4) is 0 Å². The molecule has 0 aliphatic carbocycles. The molecule has 0 radical (unpaired) electrons. The van der Waals surface area contributed by atoms with Crippen molar-refractivity contribution in [3.8, 4) is 11.1 Å². The van der Waals surface area contributed by atoms with Gasteiger partial charge in [-0.1, -0.05) is 30.1 Å². The molecule has 29 heavy (non-hydrogen) atoms. The second kappa shape index (κ2) is 9.64. The number of hydrogen-bond donors (Lipinski definition) is 0. The Hall–Kier alpha value is -2.04. The number of rotatable bonds is 8. The standard InChI is InChI=1S/C23H26Cl2N2O2/c1-4-19-10-11-21-23(16-12-17(24)14-18(25)13-16)20(15(3)26-27(19)21)8-6-7-9-22(28)29-5-2/h10-14H,4-9H2,1-3H3. The van der Waals surface area contributed by atoms with E-state index < -0.39 is 0 Å². The van der Waals surface area contributed by atoms with Crippen molar-refractivity contribution in [2.24, 2.45) is 0 Å². The summed E-state index contributed by atoms with van der Waals surface area (Å²) >= 11 is 12.6. The number of carbonyl (C=O) groups excluding carboxylic acids is 1. The molecule has 0 fully saturated rings. The molecular formula is C23H26Cl2N2O2. The van der Waals surface area contributed by atoms with Gasteiger partial charge < -0.3 is 4.74 Å². The van der Waals surface area contributed by atoms with Crippen LogP contribution in [0.2, 0.25) is 10.0 Å². The van der Waals surface area contributed by atoms with E-state index in [0.29, 0.717) is 23.1 Å². The molecule has 0 aliphatic rings. The summed E-state index contributed by atoms with van der Waals surface area (Å²) in [7, 11) is 0. The van der Waals surface area contributed by atoms with Gasteiger partial charge in [-0.3, -0.25) is 4.79 Å². The van der Waals surface area contributed by atoms with Gasteiger partial charge in [0.2, 0.25) is 0 Å². The van der Waals surface area contributed by atoms with Crippen LogP contribution in [0.5, 0.6) is 0 Å². The summed E-state index contributed by atoms with van der Waals surface area (Å²) < 4.78 is 7.04. The van der Waals surface area contributed by atoms with E-state index in [1.165, 1.54) is 5.56 Å². The molecule has 4 nitrogen and oxygen atoms in total. The maximum Gasteiger partial charge on any atom is 0.305 e. The van der Waals surface area contributed by atoms with Crippen LogP contribution in [0, 0.1) is 6.92 Å². The molecule has 0 atom stereocenters. The van der Waals surface area contributed by atoms with Crippen LogP contribution >= 0.6 is 23.2 Å². The van der Waals surface area contributed by atoms with Gasteiger partial charge in [0.1, 0.15) is 0 Å². The predicted octanol–water partition coefficient (Wildman–Crippen LogP) is 6.45. The molecule has 0 saturated carbocycles. The highest BCUT2D eigenvalue weighted by atomic mass is 35.5. The first-order chi connectivity index (χ1) is 13.9. The third-order valence-corrected chi connectivity index (χ3v) is 5.49. The molecule has 0 spiro atoms. The zero-order chi connectivity index (χ0) is 21.0. The molecular weight excluding hydrogens is 407 g/mol. The smallest absolute Gasteiger partial charge is 0.305 e. The summed E-state index contributed by atoms with van der Waals surface area (Å²) in [6.45, 7) is 6.41. The van der Waals surface area contributed by atoms with E-state index in [2.05, 4.69) is 19.1 Å². The van der Waals surface area contributed by atoms with Crippen LogP contribution in [0.1, 0.15) is 50.1 Å². The Morgan fingerprint density at radius 2 is 1.83 bits per heavy atom. The summed E-state index contributed by atoms with van der Waals surface area (Å²) in [6.07, 6.45) is 3.81. The molecule has 2 heterocycles. The monoisotopic (exact) mass is 432 g/mol. The number of unbranched alkanes of at least 4 members (excludes halogenated alkanes) is 1. The zero-order valence-electron chi connectivity index (χ0n) is 17.1. The van der Waals surface area contributed by atoms with E-state index in [-0.39, 0.29) is 5.97 Å². The number of aromatic nitrogens is 2. The van der Waals surface area contributed by atoms with Gasteiger partial charge in [-0.15, -0.1) is 0 Å². The largest absolute Gasteiger partial charge is 0.466 e. The summed E-state index contributed by atoms with van der Waals surface area (Å²) in [6, 6.07) is 9.86. The number of fused-ring (bicyclic) bond motifs is 1. The van der Waals surface area contributed by atoms with Crippen molar-refractivity contribution >= 4 is 34.7 Å². The zero-order valence-corrected chi connectivity index (χ0v) is 18.6.